The van der Waals surface area contributed by atoms with Crippen molar-refractivity contribution in [3.8, 4) is 0 Å². The summed E-state index contributed by atoms with van der Waals surface area (Å²) in [5.74, 6) is -0.0876. The second kappa shape index (κ2) is 11.7. The van der Waals surface area contributed by atoms with Crippen LogP contribution in [0.2, 0.25) is 45.3 Å². The van der Waals surface area contributed by atoms with Gasteiger partial charge in [-0.25, -0.2) is 0 Å². The van der Waals surface area contributed by atoms with Gasteiger partial charge in [0, 0.05) is 26.9 Å². The van der Waals surface area contributed by atoms with Crippen molar-refractivity contribution in [1.29, 1.82) is 0 Å². The van der Waals surface area contributed by atoms with Gasteiger partial charge in [0.05, 0.1) is 6.54 Å². The largest absolute Gasteiger partial charge is 0.519 e. The molecule has 0 saturated carbocycles. The number of unbranched alkanes of at least 4 members (excludes halogenated alkanes) is 1. The van der Waals surface area contributed by atoms with Crippen LogP contribution in [-0.4, -0.2) is 69.8 Å². The van der Waals surface area contributed by atoms with Gasteiger partial charge in [0.25, 0.3) is 0 Å². The number of carbonyl (C=O) groups excluding carboxylic acids is 1. The molecule has 0 fully saturated rings. The molecule has 0 aliphatic carbocycles. The molecule has 0 rings (SSSR count). The molecule has 0 aliphatic heterocycles. The zero-order valence-electron chi connectivity index (χ0n) is 18.4. The molecule has 0 bridgehead atoms. The van der Waals surface area contributed by atoms with Crippen LogP contribution in [0.5, 0.6) is 0 Å². The molecule has 0 unspecified atom stereocenters. The number of hydrogen-bond donors (Lipinski definition) is 0. The summed E-state index contributed by atoms with van der Waals surface area (Å²) >= 11 is 0. The van der Waals surface area contributed by atoms with Gasteiger partial charge >= 0.3 is 14.8 Å². The molecule has 156 valence electrons. The highest BCUT2D eigenvalue weighted by Gasteiger charge is 2.38. The van der Waals surface area contributed by atoms with Crippen molar-refractivity contribution in [2.75, 3.05) is 33.9 Å². The molecule has 0 radical (unpaired) electrons. The van der Waals surface area contributed by atoms with Gasteiger partial charge < -0.3 is 22.3 Å². The molecule has 0 aromatic rings. The molecule has 6 nitrogen and oxygen atoms in total. The van der Waals surface area contributed by atoms with Crippen molar-refractivity contribution < 1.29 is 22.5 Å². The van der Waals surface area contributed by atoms with Crippen molar-refractivity contribution in [1.82, 2.24) is 4.57 Å². The van der Waals surface area contributed by atoms with Crippen LogP contribution in [0.4, 0.5) is 0 Å². The third-order valence-electron chi connectivity index (χ3n) is 4.00. The highest BCUT2D eigenvalue weighted by atomic mass is 28.4. The van der Waals surface area contributed by atoms with Gasteiger partial charge in [0.15, 0.2) is 0 Å². The first-order chi connectivity index (χ1) is 11.9. The summed E-state index contributed by atoms with van der Waals surface area (Å²) in [6, 6.07) is 0.804. The van der Waals surface area contributed by atoms with Gasteiger partial charge in [-0.1, -0.05) is 26.6 Å². The summed E-state index contributed by atoms with van der Waals surface area (Å²) in [4.78, 5) is 12.3. The normalized spacial score (nSPS) is 13.3. The summed E-state index contributed by atoms with van der Waals surface area (Å²) in [5, 5.41) is 0. The number of rotatable bonds is 14. The molecule has 0 amide bonds. The highest BCUT2D eigenvalue weighted by molar-refractivity contribution is 6.73. The predicted molar refractivity (Wildman–Crippen MR) is 114 cm³/mol. The lowest BCUT2D eigenvalue weighted by molar-refractivity contribution is -0.135. The van der Waals surface area contributed by atoms with Crippen molar-refractivity contribution >= 4 is 31.3 Å². The third kappa shape index (κ3) is 11.0. The zero-order chi connectivity index (χ0) is 20.4. The quantitative estimate of drug-likeness (QED) is 0.311. The smallest absolute Gasteiger partial charge is 0.500 e. The Bertz CT molecular complexity index is 406. The van der Waals surface area contributed by atoms with Crippen molar-refractivity contribution in [3.05, 3.63) is 0 Å². The second-order valence-electron chi connectivity index (χ2n) is 8.58. The van der Waals surface area contributed by atoms with Gasteiger partial charge in [-0.3, -0.25) is 4.79 Å². The van der Waals surface area contributed by atoms with E-state index in [0.717, 1.165) is 31.9 Å². The molecule has 0 N–H and O–H groups in total. The van der Waals surface area contributed by atoms with Crippen LogP contribution in [0.25, 0.3) is 0 Å². The maximum atomic E-state index is 12.3. The highest BCUT2D eigenvalue weighted by Crippen LogP contribution is 2.19. The molecule has 0 aromatic heterocycles. The number of nitrogens with zero attached hydrogens (tertiary/aromatic N) is 1. The molecular weight excluding hydrogens is 382 g/mol. The molecule has 9 heteroatoms. The molecule has 0 heterocycles. The fraction of sp³-hybridized carbons (Fsp3) is 0.941. The lowest BCUT2D eigenvalue weighted by atomic mass is 10.3. The second-order valence-corrected chi connectivity index (χ2v) is 20.9. The lowest BCUT2D eigenvalue weighted by Crippen LogP contribution is -2.50. The van der Waals surface area contributed by atoms with Gasteiger partial charge in [-0.2, -0.15) is 0 Å². The minimum atomic E-state index is -2.54. The summed E-state index contributed by atoms with van der Waals surface area (Å²) in [6.45, 7) is 17.0. The van der Waals surface area contributed by atoms with Crippen LogP contribution in [0.1, 0.15) is 26.2 Å². The Morgan fingerprint density at radius 3 is 1.96 bits per heavy atom. The number of hydrogen-bond acceptors (Lipinski definition) is 6. The summed E-state index contributed by atoms with van der Waals surface area (Å²) < 4.78 is 25.1. The van der Waals surface area contributed by atoms with E-state index in [1.165, 1.54) is 0 Å². The Morgan fingerprint density at radius 1 is 0.962 bits per heavy atom. The monoisotopic (exact) mass is 423 g/mol. The maximum Gasteiger partial charge on any atom is 0.500 e. The van der Waals surface area contributed by atoms with Crippen LogP contribution in [0, 0.1) is 0 Å². The third-order valence-corrected chi connectivity index (χ3v) is 9.97. The first kappa shape index (κ1) is 26.0. The SMILES string of the molecule is CCCO[Si](CCCCN(CC(=O)O[Si](C)(C)C)[Si](C)(C)C)(OC)OC. The maximum absolute atomic E-state index is 12.3. The summed E-state index contributed by atoms with van der Waals surface area (Å²) in [6.07, 6.45) is 2.90. The van der Waals surface area contributed by atoms with E-state index in [0.29, 0.717) is 13.2 Å². The van der Waals surface area contributed by atoms with E-state index in [4.69, 9.17) is 17.7 Å². The Labute approximate surface area is 164 Å². The Morgan fingerprint density at radius 2 is 1.54 bits per heavy atom. The molecule has 0 spiro atoms. The average molecular weight is 424 g/mol. The predicted octanol–water partition coefficient (Wildman–Crippen LogP) is 3.94. The van der Waals surface area contributed by atoms with E-state index in [2.05, 4.69) is 31.1 Å². The number of carbonyl (C=O) groups is 1. The van der Waals surface area contributed by atoms with Gasteiger partial charge in [-0.15, -0.1) is 0 Å². The lowest BCUT2D eigenvalue weighted by Gasteiger charge is -2.34. The van der Waals surface area contributed by atoms with Crippen LogP contribution in [0.3, 0.4) is 0 Å². The van der Waals surface area contributed by atoms with E-state index < -0.39 is 25.4 Å². The first-order valence-electron chi connectivity index (χ1n) is 9.60. The van der Waals surface area contributed by atoms with E-state index in [1.54, 1.807) is 14.2 Å². The Hall–Kier alpha value is -0.0394. The summed E-state index contributed by atoms with van der Waals surface area (Å²) in [5.41, 5.74) is 0. The van der Waals surface area contributed by atoms with Crippen molar-refractivity contribution in [2.45, 2.75) is 71.5 Å². The van der Waals surface area contributed by atoms with Crippen LogP contribution in [0.15, 0.2) is 0 Å². The Balaban J connectivity index is 4.60. The fourth-order valence-corrected chi connectivity index (χ4v) is 6.89. The van der Waals surface area contributed by atoms with Crippen LogP contribution in [-0.2, 0) is 22.5 Å². The Kier molecular flexibility index (Phi) is 11.7. The first-order valence-corrected chi connectivity index (χ1v) is 18.4. The van der Waals surface area contributed by atoms with Crippen molar-refractivity contribution in [2.24, 2.45) is 0 Å². The average Bonchev–Trinajstić information content (AvgIpc) is 2.51. The molecule has 0 atom stereocenters. The van der Waals surface area contributed by atoms with E-state index in [9.17, 15) is 4.79 Å². The van der Waals surface area contributed by atoms with Crippen LogP contribution < -0.4 is 0 Å². The molecule has 26 heavy (non-hydrogen) atoms. The standard InChI is InChI=1S/C17H41NO5Si3/c1-10-14-22-26(20-2,21-3)15-12-11-13-18(24(4,5)6)16-17(19)23-25(7,8)9/h10-16H2,1-9H3. The molecule has 0 saturated heterocycles. The minimum absolute atomic E-state index is 0.0876. The van der Waals surface area contributed by atoms with Crippen molar-refractivity contribution in [3.63, 3.8) is 0 Å². The van der Waals surface area contributed by atoms with Gasteiger partial charge in [0.2, 0.25) is 8.32 Å². The fourth-order valence-electron chi connectivity index (χ4n) is 2.56. The zero-order valence-corrected chi connectivity index (χ0v) is 21.4. The van der Waals surface area contributed by atoms with Gasteiger partial charge in [-0.05, 0) is 45.4 Å². The topological polar surface area (TPSA) is 57.2 Å². The molecule has 0 aliphatic rings. The van der Waals surface area contributed by atoms with E-state index in [1.807, 2.05) is 19.6 Å². The molecular formula is C17H41NO5Si3. The van der Waals surface area contributed by atoms with Gasteiger partial charge in [0.1, 0.15) is 8.24 Å². The summed E-state index contributed by atoms with van der Waals surface area (Å²) in [7, 11) is -2.62. The van der Waals surface area contributed by atoms with E-state index in [-0.39, 0.29) is 5.97 Å². The van der Waals surface area contributed by atoms with Crippen LogP contribution >= 0.6 is 0 Å². The minimum Gasteiger partial charge on any atom is -0.519 e. The van der Waals surface area contributed by atoms with E-state index >= 15 is 0 Å². The molecule has 0 aromatic carbocycles.